The van der Waals surface area contributed by atoms with Gasteiger partial charge in [0.05, 0.1) is 0 Å². The van der Waals surface area contributed by atoms with Crippen LogP contribution < -0.4 is 0 Å². The van der Waals surface area contributed by atoms with Gasteiger partial charge in [-0.1, -0.05) is 12.1 Å². The average Bonchev–Trinajstić information content (AvgIpc) is 2.35. The molecule has 1 aromatic rings. The first kappa shape index (κ1) is 14.4. The third-order valence-electron chi connectivity index (χ3n) is 3.78. The van der Waals surface area contributed by atoms with Crippen molar-refractivity contribution >= 4 is 10.0 Å². The molecule has 0 aliphatic carbocycles. The molecule has 0 aromatic heterocycles. The normalized spacial score (nSPS) is 26.5. The summed E-state index contributed by atoms with van der Waals surface area (Å²) in [6.07, 6.45) is 0. The Morgan fingerprint density at radius 1 is 1.16 bits per heavy atom. The maximum atomic E-state index is 13.7. The summed E-state index contributed by atoms with van der Waals surface area (Å²) in [6.45, 7) is 4.72. The van der Waals surface area contributed by atoms with Gasteiger partial charge in [0.25, 0.3) is 0 Å². The van der Waals surface area contributed by atoms with Crippen LogP contribution in [0.2, 0.25) is 0 Å². The van der Waals surface area contributed by atoms with Crippen molar-refractivity contribution in [2.75, 3.05) is 20.1 Å². The summed E-state index contributed by atoms with van der Waals surface area (Å²) >= 11 is 0. The zero-order chi connectivity index (χ0) is 14.2. The van der Waals surface area contributed by atoms with Gasteiger partial charge in [0, 0.05) is 25.2 Å². The molecule has 1 saturated heterocycles. The molecule has 0 radical (unpaired) electrons. The van der Waals surface area contributed by atoms with Crippen LogP contribution in [0, 0.1) is 5.82 Å². The molecule has 0 amide bonds. The van der Waals surface area contributed by atoms with Crippen LogP contribution >= 0.6 is 0 Å². The Hall–Kier alpha value is -0.980. The summed E-state index contributed by atoms with van der Waals surface area (Å²) < 4.78 is 40.0. The molecule has 6 heteroatoms. The van der Waals surface area contributed by atoms with Crippen molar-refractivity contribution in [1.29, 1.82) is 0 Å². The SMILES string of the molecule is CC1CN(S(=O)(=O)c2ccccc2F)CC(C)N1C. The van der Waals surface area contributed by atoms with Crippen molar-refractivity contribution < 1.29 is 12.8 Å². The van der Waals surface area contributed by atoms with Gasteiger partial charge in [-0.05, 0) is 33.0 Å². The predicted molar refractivity (Wildman–Crippen MR) is 71.8 cm³/mol. The van der Waals surface area contributed by atoms with E-state index in [2.05, 4.69) is 4.90 Å². The van der Waals surface area contributed by atoms with Crippen molar-refractivity contribution in [2.45, 2.75) is 30.8 Å². The molecule has 4 nitrogen and oxygen atoms in total. The summed E-state index contributed by atoms with van der Waals surface area (Å²) in [6, 6.07) is 5.76. The third-order valence-corrected chi connectivity index (χ3v) is 5.65. The maximum absolute atomic E-state index is 13.7. The zero-order valence-electron chi connectivity index (χ0n) is 11.4. The highest BCUT2D eigenvalue weighted by molar-refractivity contribution is 7.89. The topological polar surface area (TPSA) is 40.6 Å². The van der Waals surface area contributed by atoms with Crippen molar-refractivity contribution in [2.24, 2.45) is 0 Å². The van der Waals surface area contributed by atoms with Crippen LogP contribution in [-0.4, -0.2) is 49.8 Å². The number of piperazine rings is 1. The minimum Gasteiger partial charge on any atom is -0.298 e. The molecule has 1 aromatic carbocycles. The quantitative estimate of drug-likeness (QED) is 0.828. The monoisotopic (exact) mass is 286 g/mol. The van der Waals surface area contributed by atoms with E-state index in [1.807, 2.05) is 20.9 Å². The molecule has 19 heavy (non-hydrogen) atoms. The summed E-state index contributed by atoms with van der Waals surface area (Å²) in [5, 5.41) is 0. The highest BCUT2D eigenvalue weighted by Crippen LogP contribution is 2.23. The Balaban J connectivity index is 2.34. The van der Waals surface area contributed by atoms with Gasteiger partial charge in [-0.15, -0.1) is 0 Å². The van der Waals surface area contributed by atoms with Crippen molar-refractivity contribution in [3.05, 3.63) is 30.1 Å². The second-order valence-corrected chi connectivity index (χ2v) is 7.02. The van der Waals surface area contributed by atoms with E-state index in [0.29, 0.717) is 13.1 Å². The van der Waals surface area contributed by atoms with Gasteiger partial charge in [-0.2, -0.15) is 4.31 Å². The molecule has 0 saturated carbocycles. The molecule has 1 aliphatic rings. The first-order chi connectivity index (χ1) is 8.84. The number of benzene rings is 1. The first-order valence-corrected chi connectivity index (χ1v) is 7.74. The second kappa shape index (κ2) is 5.19. The first-order valence-electron chi connectivity index (χ1n) is 6.30. The molecule has 0 N–H and O–H groups in total. The lowest BCUT2D eigenvalue weighted by atomic mass is 10.1. The average molecular weight is 286 g/mol. The molecule has 0 spiro atoms. The highest BCUT2D eigenvalue weighted by atomic mass is 32.2. The Labute approximate surface area is 113 Å². The van der Waals surface area contributed by atoms with E-state index in [0.717, 1.165) is 0 Å². The smallest absolute Gasteiger partial charge is 0.246 e. The minimum atomic E-state index is -3.75. The van der Waals surface area contributed by atoms with Crippen LogP contribution in [0.4, 0.5) is 4.39 Å². The number of hydrogen-bond donors (Lipinski definition) is 0. The molecule has 2 unspecified atom stereocenters. The number of sulfonamides is 1. The molecule has 2 atom stereocenters. The number of hydrogen-bond acceptors (Lipinski definition) is 3. The summed E-state index contributed by atoms with van der Waals surface area (Å²) in [5.41, 5.74) is 0. The molecule has 106 valence electrons. The van der Waals surface area contributed by atoms with E-state index in [1.165, 1.54) is 22.5 Å². The Bertz CT molecular complexity index is 550. The Morgan fingerprint density at radius 2 is 1.68 bits per heavy atom. The van der Waals surface area contributed by atoms with Gasteiger partial charge in [0.1, 0.15) is 10.7 Å². The summed E-state index contributed by atoms with van der Waals surface area (Å²) in [7, 11) is -1.78. The molecule has 1 aliphatic heterocycles. The van der Waals surface area contributed by atoms with Gasteiger partial charge in [0.15, 0.2) is 0 Å². The number of halogens is 1. The fourth-order valence-electron chi connectivity index (χ4n) is 2.35. The van der Waals surface area contributed by atoms with Crippen LogP contribution in [-0.2, 0) is 10.0 Å². The highest BCUT2D eigenvalue weighted by Gasteiger charge is 2.35. The molecule has 0 bridgehead atoms. The fourth-order valence-corrected chi connectivity index (χ4v) is 4.01. The predicted octanol–water partition coefficient (Wildman–Crippen LogP) is 1.54. The second-order valence-electron chi connectivity index (χ2n) is 5.12. The number of nitrogens with zero attached hydrogens (tertiary/aromatic N) is 2. The van der Waals surface area contributed by atoms with Crippen LogP contribution in [0.3, 0.4) is 0 Å². The lowest BCUT2D eigenvalue weighted by Crippen LogP contribution is -2.56. The van der Waals surface area contributed by atoms with E-state index in [9.17, 15) is 12.8 Å². The lowest BCUT2D eigenvalue weighted by Gasteiger charge is -2.41. The van der Waals surface area contributed by atoms with E-state index in [-0.39, 0.29) is 17.0 Å². The van der Waals surface area contributed by atoms with Crippen LogP contribution in [0.5, 0.6) is 0 Å². The summed E-state index contributed by atoms with van der Waals surface area (Å²) in [5.74, 6) is -0.693. The summed E-state index contributed by atoms with van der Waals surface area (Å²) in [4.78, 5) is 1.90. The molecular formula is C13H19FN2O2S. The van der Waals surface area contributed by atoms with Gasteiger partial charge < -0.3 is 0 Å². The van der Waals surface area contributed by atoms with E-state index in [4.69, 9.17) is 0 Å². The van der Waals surface area contributed by atoms with Crippen molar-refractivity contribution in [1.82, 2.24) is 9.21 Å². The van der Waals surface area contributed by atoms with Crippen molar-refractivity contribution in [3.8, 4) is 0 Å². The zero-order valence-corrected chi connectivity index (χ0v) is 12.2. The van der Waals surface area contributed by atoms with Gasteiger partial charge in [0.2, 0.25) is 10.0 Å². The molecule has 2 rings (SSSR count). The van der Waals surface area contributed by atoms with E-state index >= 15 is 0 Å². The van der Waals surface area contributed by atoms with E-state index in [1.54, 1.807) is 6.07 Å². The lowest BCUT2D eigenvalue weighted by molar-refractivity contribution is 0.105. The third kappa shape index (κ3) is 2.66. The van der Waals surface area contributed by atoms with Gasteiger partial charge in [-0.3, -0.25) is 4.90 Å². The van der Waals surface area contributed by atoms with E-state index < -0.39 is 15.8 Å². The van der Waals surface area contributed by atoms with Gasteiger partial charge in [-0.25, -0.2) is 12.8 Å². The Kier molecular flexibility index (Phi) is 3.94. The van der Waals surface area contributed by atoms with Crippen LogP contribution in [0.1, 0.15) is 13.8 Å². The fraction of sp³-hybridized carbons (Fsp3) is 0.538. The van der Waals surface area contributed by atoms with Crippen LogP contribution in [0.25, 0.3) is 0 Å². The van der Waals surface area contributed by atoms with Gasteiger partial charge >= 0.3 is 0 Å². The molecule has 1 heterocycles. The molecule has 1 fully saturated rings. The standard InChI is InChI=1S/C13H19FN2O2S/c1-10-8-16(9-11(2)15(10)3)19(17,18)13-7-5-4-6-12(13)14/h4-7,10-11H,8-9H2,1-3H3. The maximum Gasteiger partial charge on any atom is 0.246 e. The number of likely N-dealkylation sites (N-methyl/N-ethyl adjacent to an activating group) is 1. The van der Waals surface area contributed by atoms with Crippen molar-refractivity contribution in [3.63, 3.8) is 0 Å². The largest absolute Gasteiger partial charge is 0.298 e. The number of rotatable bonds is 2. The van der Waals surface area contributed by atoms with Crippen LogP contribution in [0.15, 0.2) is 29.2 Å². The molecular weight excluding hydrogens is 267 g/mol. The minimum absolute atomic E-state index is 0.116. The Morgan fingerprint density at radius 3 is 2.21 bits per heavy atom.